The summed E-state index contributed by atoms with van der Waals surface area (Å²) in [4.78, 5) is 17.0. The van der Waals surface area contributed by atoms with E-state index in [4.69, 9.17) is 0 Å². The number of imidazole rings is 1. The molecule has 0 saturated heterocycles. The number of hydrogen-bond acceptors (Lipinski definition) is 2. The van der Waals surface area contributed by atoms with Crippen molar-refractivity contribution in [3.8, 4) is 0 Å². The largest absolute Gasteiger partial charge is 0.342 e. The van der Waals surface area contributed by atoms with Gasteiger partial charge >= 0.3 is 0 Å². The number of aryl methyl sites for hydroxylation is 4. The molecular formula is C22H24FN3O. The van der Waals surface area contributed by atoms with Crippen LogP contribution in [0.1, 0.15) is 40.5 Å². The molecule has 1 atom stereocenters. The molecule has 140 valence electrons. The molecule has 2 aromatic carbocycles. The molecule has 0 radical (unpaired) electrons. The second-order valence-corrected chi connectivity index (χ2v) is 6.88. The predicted molar refractivity (Wildman–Crippen MR) is 104 cm³/mol. The molecule has 0 spiro atoms. The number of nitrogens with zero attached hydrogens (tertiary/aromatic N) is 2. The molecule has 1 unspecified atom stereocenters. The van der Waals surface area contributed by atoms with E-state index < -0.39 is 6.04 Å². The number of carbonyl (C=O) groups is 1. The Labute approximate surface area is 159 Å². The predicted octanol–water partition coefficient (Wildman–Crippen LogP) is 4.01. The number of halogens is 1. The molecule has 27 heavy (non-hydrogen) atoms. The third kappa shape index (κ3) is 4.61. The van der Waals surface area contributed by atoms with Crippen LogP contribution in [0.3, 0.4) is 0 Å². The third-order valence-corrected chi connectivity index (χ3v) is 4.74. The average molecular weight is 365 g/mol. The molecule has 1 amide bonds. The van der Waals surface area contributed by atoms with E-state index in [-0.39, 0.29) is 11.7 Å². The summed E-state index contributed by atoms with van der Waals surface area (Å²) in [6.45, 7) is 4.12. The second-order valence-electron chi connectivity index (χ2n) is 6.88. The van der Waals surface area contributed by atoms with Gasteiger partial charge in [-0.25, -0.2) is 9.37 Å². The summed E-state index contributed by atoms with van der Waals surface area (Å²) in [6, 6.07) is 12.0. The van der Waals surface area contributed by atoms with E-state index in [1.807, 2.05) is 17.8 Å². The molecular weight excluding hydrogens is 341 g/mol. The fourth-order valence-electron chi connectivity index (χ4n) is 3.22. The minimum absolute atomic E-state index is 0.0627. The highest BCUT2D eigenvalue weighted by Gasteiger charge is 2.20. The lowest BCUT2D eigenvalue weighted by molar-refractivity contribution is -0.121. The summed E-state index contributed by atoms with van der Waals surface area (Å²) in [5.74, 6) is 0.340. The first-order chi connectivity index (χ1) is 12.9. The molecule has 5 heteroatoms. The number of carbonyl (C=O) groups excluding carboxylic acids is 1. The molecule has 1 aromatic heterocycles. The maximum Gasteiger partial charge on any atom is 0.221 e. The first-order valence-corrected chi connectivity index (χ1v) is 9.02. The van der Waals surface area contributed by atoms with Gasteiger partial charge in [-0.15, -0.1) is 0 Å². The SMILES string of the molecule is Cc1ccc(CCC(=O)NC(c2ccc(F)cc2)c2nccn2C)c(C)c1. The molecule has 0 aliphatic rings. The van der Waals surface area contributed by atoms with Crippen molar-refractivity contribution < 1.29 is 9.18 Å². The number of benzene rings is 2. The molecule has 0 bridgehead atoms. The molecule has 1 N–H and O–H groups in total. The first-order valence-electron chi connectivity index (χ1n) is 9.02. The van der Waals surface area contributed by atoms with Gasteiger partial charge in [0.25, 0.3) is 0 Å². The van der Waals surface area contributed by atoms with Crippen molar-refractivity contribution in [3.05, 3.63) is 88.8 Å². The molecule has 4 nitrogen and oxygen atoms in total. The third-order valence-electron chi connectivity index (χ3n) is 4.74. The normalized spacial score (nSPS) is 12.0. The molecule has 0 saturated carbocycles. The molecule has 0 fully saturated rings. The number of aromatic nitrogens is 2. The summed E-state index contributed by atoms with van der Waals surface area (Å²) in [7, 11) is 1.88. The number of hydrogen-bond donors (Lipinski definition) is 1. The van der Waals surface area contributed by atoms with Gasteiger partial charge in [0.15, 0.2) is 0 Å². The molecule has 0 aliphatic carbocycles. The van der Waals surface area contributed by atoms with E-state index in [1.165, 1.54) is 28.8 Å². The van der Waals surface area contributed by atoms with E-state index in [0.29, 0.717) is 18.7 Å². The highest BCUT2D eigenvalue weighted by molar-refractivity contribution is 5.77. The Morgan fingerprint density at radius 1 is 1.19 bits per heavy atom. The fourth-order valence-corrected chi connectivity index (χ4v) is 3.22. The van der Waals surface area contributed by atoms with Crippen LogP contribution in [0.4, 0.5) is 4.39 Å². The van der Waals surface area contributed by atoms with E-state index in [1.54, 1.807) is 18.3 Å². The lowest BCUT2D eigenvalue weighted by atomic mass is 10.0. The topological polar surface area (TPSA) is 46.9 Å². The van der Waals surface area contributed by atoms with Crippen molar-refractivity contribution in [1.82, 2.24) is 14.9 Å². The van der Waals surface area contributed by atoms with Crippen molar-refractivity contribution >= 4 is 5.91 Å². The quantitative estimate of drug-likeness (QED) is 0.717. The average Bonchev–Trinajstić information content (AvgIpc) is 3.05. The van der Waals surface area contributed by atoms with Crippen LogP contribution in [-0.2, 0) is 18.3 Å². The molecule has 0 aliphatic heterocycles. The first kappa shape index (κ1) is 18.8. The zero-order chi connectivity index (χ0) is 19.4. The highest BCUT2D eigenvalue weighted by Crippen LogP contribution is 2.21. The lowest BCUT2D eigenvalue weighted by Crippen LogP contribution is -2.31. The van der Waals surface area contributed by atoms with Crippen LogP contribution in [0.25, 0.3) is 0 Å². The Kier molecular flexibility index (Phi) is 5.69. The fraction of sp³-hybridized carbons (Fsp3) is 0.273. The van der Waals surface area contributed by atoms with E-state index in [2.05, 4.69) is 42.3 Å². The standard InChI is InChI=1S/C22H24FN3O/c1-15-4-5-17(16(2)14-15)8-11-20(27)25-21(22-24-12-13-26(22)3)18-6-9-19(23)10-7-18/h4-7,9-10,12-14,21H,8,11H2,1-3H3,(H,25,27). The van der Waals surface area contributed by atoms with E-state index in [0.717, 1.165) is 5.56 Å². The van der Waals surface area contributed by atoms with Crippen LogP contribution in [0, 0.1) is 19.7 Å². The number of rotatable bonds is 6. The Morgan fingerprint density at radius 3 is 2.56 bits per heavy atom. The monoisotopic (exact) mass is 365 g/mol. The summed E-state index contributed by atoms with van der Waals surface area (Å²) < 4.78 is 15.2. The molecule has 3 rings (SSSR count). The van der Waals surface area contributed by atoms with Crippen LogP contribution in [0.5, 0.6) is 0 Å². The summed E-state index contributed by atoms with van der Waals surface area (Å²) in [5.41, 5.74) is 4.38. The molecule has 1 heterocycles. The Balaban J connectivity index is 1.74. The Hall–Kier alpha value is -2.95. The van der Waals surface area contributed by atoms with Gasteiger partial charge in [-0.2, -0.15) is 0 Å². The van der Waals surface area contributed by atoms with Crippen molar-refractivity contribution in [2.75, 3.05) is 0 Å². The van der Waals surface area contributed by atoms with Crippen LogP contribution in [0.2, 0.25) is 0 Å². The van der Waals surface area contributed by atoms with Gasteiger partial charge in [0.2, 0.25) is 5.91 Å². The van der Waals surface area contributed by atoms with Crippen molar-refractivity contribution in [2.45, 2.75) is 32.7 Å². The van der Waals surface area contributed by atoms with E-state index in [9.17, 15) is 9.18 Å². The lowest BCUT2D eigenvalue weighted by Gasteiger charge is -2.19. The van der Waals surface area contributed by atoms with Crippen LogP contribution < -0.4 is 5.32 Å². The van der Waals surface area contributed by atoms with Gasteiger partial charge in [0.05, 0.1) is 0 Å². The Morgan fingerprint density at radius 2 is 1.93 bits per heavy atom. The van der Waals surface area contributed by atoms with E-state index >= 15 is 0 Å². The maximum atomic E-state index is 13.3. The summed E-state index contributed by atoms with van der Waals surface area (Å²) in [5, 5.41) is 3.05. The number of amides is 1. The smallest absolute Gasteiger partial charge is 0.221 e. The molecule has 3 aromatic rings. The maximum absolute atomic E-state index is 13.3. The van der Waals surface area contributed by atoms with Gasteiger partial charge in [-0.1, -0.05) is 35.9 Å². The zero-order valence-electron chi connectivity index (χ0n) is 15.9. The van der Waals surface area contributed by atoms with Gasteiger partial charge < -0.3 is 9.88 Å². The van der Waals surface area contributed by atoms with Crippen LogP contribution in [0.15, 0.2) is 54.9 Å². The van der Waals surface area contributed by atoms with Crippen molar-refractivity contribution in [2.24, 2.45) is 7.05 Å². The zero-order valence-corrected chi connectivity index (χ0v) is 15.9. The number of nitrogens with one attached hydrogen (secondary N) is 1. The highest BCUT2D eigenvalue weighted by atomic mass is 19.1. The minimum atomic E-state index is -0.419. The summed E-state index contributed by atoms with van der Waals surface area (Å²) in [6.07, 6.45) is 4.57. The van der Waals surface area contributed by atoms with Crippen LogP contribution in [-0.4, -0.2) is 15.5 Å². The van der Waals surface area contributed by atoms with Gasteiger partial charge in [-0.3, -0.25) is 4.79 Å². The van der Waals surface area contributed by atoms with Gasteiger partial charge in [0.1, 0.15) is 17.7 Å². The van der Waals surface area contributed by atoms with Gasteiger partial charge in [-0.05, 0) is 49.1 Å². The van der Waals surface area contributed by atoms with Crippen molar-refractivity contribution in [1.29, 1.82) is 0 Å². The van der Waals surface area contributed by atoms with Crippen LogP contribution >= 0.6 is 0 Å². The second kappa shape index (κ2) is 8.16. The summed E-state index contributed by atoms with van der Waals surface area (Å²) >= 11 is 0. The minimum Gasteiger partial charge on any atom is -0.342 e. The Bertz CT molecular complexity index is 931. The van der Waals surface area contributed by atoms with Crippen molar-refractivity contribution in [3.63, 3.8) is 0 Å². The van der Waals surface area contributed by atoms with Gasteiger partial charge in [0, 0.05) is 25.9 Å².